The Morgan fingerprint density at radius 2 is 1.48 bits per heavy atom. The van der Waals surface area contributed by atoms with Crippen LogP contribution in [0, 0.1) is 0 Å². The molecular formula is C15H23NO9. The van der Waals surface area contributed by atoms with Gasteiger partial charge >= 0.3 is 17.9 Å². The van der Waals surface area contributed by atoms with Gasteiger partial charge in [0.05, 0.1) is 0 Å². The summed E-state index contributed by atoms with van der Waals surface area (Å²) in [6.45, 7) is 4.57. The van der Waals surface area contributed by atoms with E-state index in [0.717, 1.165) is 0 Å². The molecule has 0 aromatic carbocycles. The summed E-state index contributed by atoms with van der Waals surface area (Å²) in [5, 5.41) is 2.56. The zero-order valence-electron chi connectivity index (χ0n) is 14.8. The van der Waals surface area contributed by atoms with Crippen LogP contribution in [0.25, 0.3) is 0 Å². The molecule has 0 aromatic rings. The van der Waals surface area contributed by atoms with E-state index in [4.69, 9.17) is 23.7 Å². The van der Waals surface area contributed by atoms with E-state index < -0.39 is 54.5 Å². The molecule has 0 saturated carbocycles. The lowest BCUT2D eigenvalue weighted by atomic mass is 9.96. The van der Waals surface area contributed by atoms with Gasteiger partial charge < -0.3 is 29.0 Å². The summed E-state index contributed by atoms with van der Waals surface area (Å²) in [7, 11) is 1.33. The molecule has 10 nitrogen and oxygen atoms in total. The molecule has 10 heteroatoms. The molecule has 0 aromatic heterocycles. The van der Waals surface area contributed by atoms with Crippen molar-refractivity contribution in [2.45, 2.75) is 58.3 Å². The summed E-state index contributed by atoms with van der Waals surface area (Å²) in [4.78, 5) is 45.5. The second kappa shape index (κ2) is 9.33. The van der Waals surface area contributed by atoms with Gasteiger partial charge in [-0.1, -0.05) is 0 Å². The number of amides is 1. The van der Waals surface area contributed by atoms with Gasteiger partial charge in [-0.2, -0.15) is 0 Å². The van der Waals surface area contributed by atoms with Crippen molar-refractivity contribution in [3.8, 4) is 0 Å². The Kier molecular flexibility index (Phi) is 7.78. The molecule has 1 aliphatic rings. The minimum atomic E-state index is -1.11. The van der Waals surface area contributed by atoms with E-state index in [-0.39, 0.29) is 6.61 Å². The molecule has 1 fully saturated rings. The second-order valence-electron chi connectivity index (χ2n) is 5.46. The highest BCUT2D eigenvalue weighted by molar-refractivity contribution is 5.73. The maximum Gasteiger partial charge on any atom is 0.303 e. The summed E-state index contributed by atoms with van der Waals surface area (Å²) >= 11 is 0. The number of esters is 3. The molecular weight excluding hydrogens is 338 g/mol. The van der Waals surface area contributed by atoms with Crippen molar-refractivity contribution >= 4 is 23.8 Å². The van der Waals surface area contributed by atoms with Crippen LogP contribution in [-0.2, 0) is 42.9 Å². The Morgan fingerprint density at radius 1 is 0.920 bits per heavy atom. The Labute approximate surface area is 145 Å². The second-order valence-corrected chi connectivity index (χ2v) is 5.46. The fraction of sp³-hybridized carbons (Fsp3) is 0.733. The van der Waals surface area contributed by atoms with E-state index in [9.17, 15) is 19.2 Å². The number of carbonyl (C=O) groups is 4. The van der Waals surface area contributed by atoms with Gasteiger partial charge in [0.2, 0.25) is 5.91 Å². The maximum absolute atomic E-state index is 11.5. The Morgan fingerprint density at radius 3 is 1.92 bits per heavy atom. The van der Waals surface area contributed by atoms with Crippen molar-refractivity contribution in [3.05, 3.63) is 0 Å². The zero-order valence-corrected chi connectivity index (χ0v) is 14.8. The van der Waals surface area contributed by atoms with E-state index >= 15 is 0 Å². The first-order chi connectivity index (χ1) is 11.6. The largest absolute Gasteiger partial charge is 0.463 e. The van der Waals surface area contributed by atoms with Crippen LogP contribution in [0.15, 0.2) is 0 Å². The van der Waals surface area contributed by atoms with E-state index in [2.05, 4.69) is 5.32 Å². The summed E-state index contributed by atoms with van der Waals surface area (Å²) in [5.74, 6) is -2.29. The molecule has 0 radical (unpaired) electrons. The highest BCUT2D eigenvalue weighted by atomic mass is 16.7. The molecule has 1 aliphatic heterocycles. The monoisotopic (exact) mass is 361 g/mol. The van der Waals surface area contributed by atoms with Crippen LogP contribution < -0.4 is 5.32 Å². The number of methoxy groups -OCH3 is 1. The first-order valence-corrected chi connectivity index (χ1v) is 7.58. The van der Waals surface area contributed by atoms with Crippen LogP contribution in [0.3, 0.4) is 0 Å². The summed E-state index contributed by atoms with van der Waals surface area (Å²) in [6, 6.07) is -0.927. The lowest BCUT2D eigenvalue weighted by molar-refractivity contribution is -0.271. The highest BCUT2D eigenvalue weighted by Crippen LogP contribution is 2.27. The number of ether oxygens (including phenoxy) is 5. The number of hydrogen-bond acceptors (Lipinski definition) is 9. The van der Waals surface area contributed by atoms with Crippen molar-refractivity contribution in [2.24, 2.45) is 0 Å². The SMILES string of the molecule is CO[C@@H]1OC(COC(C)=O)[C@@H](OC(C)=O)C(OC(C)=O)C1NC(C)=O. The van der Waals surface area contributed by atoms with Gasteiger partial charge in [0.15, 0.2) is 18.5 Å². The maximum atomic E-state index is 11.5. The predicted octanol–water partition coefficient (Wildman–Crippen LogP) is -0.711. The van der Waals surface area contributed by atoms with Crippen LogP contribution in [0.2, 0.25) is 0 Å². The van der Waals surface area contributed by atoms with Crippen molar-refractivity contribution in [2.75, 3.05) is 13.7 Å². The lowest BCUT2D eigenvalue weighted by Crippen LogP contribution is -2.66. The molecule has 5 atom stereocenters. The van der Waals surface area contributed by atoms with Gasteiger partial charge in [-0.05, 0) is 0 Å². The van der Waals surface area contributed by atoms with Crippen LogP contribution >= 0.6 is 0 Å². The minimum absolute atomic E-state index is 0.252. The average molecular weight is 361 g/mol. The quantitative estimate of drug-likeness (QED) is 0.482. The zero-order chi connectivity index (χ0) is 19.1. The number of hydrogen-bond donors (Lipinski definition) is 1. The molecule has 1 saturated heterocycles. The minimum Gasteiger partial charge on any atom is -0.463 e. The molecule has 1 rings (SSSR count). The normalized spacial score (nSPS) is 28.6. The first-order valence-electron chi connectivity index (χ1n) is 7.58. The van der Waals surface area contributed by atoms with Crippen molar-refractivity contribution in [1.29, 1.82) is 0 Å². The van der Waals surface area contributed by atoms with Crippen LogP contribution in [0.5, 0.6) is 0 Å². The van der Waals surface area contributed by atoms with Gasteiger partial charge in [-0.15, -0.1) is 0 Å². The predicted molar refractivity (Wildman–Crippen MR) is 81.0 cm³/mol. The number of nitrogens with one attached hydrogen (secondary N) is 1. The number of rotatable bonds is 6. The van der Waals surface area contributed by atoms with Gasteiger partial charge in [-0.3, -0.25) is 19.2 Å². The Balaban J connectivity index is 3.18. The third-order valence-corrected chi connectivity index (χ3v) is 3.30. The van der Waals surface area contributed by atoms with E-state index in [0.29, 0.717) is 0 Å². The van der Waals surface area contributed by atoms with E-state index in [1.807, 2.05) is 0 Å². The molecule has 1 N–H and O–H groups in total. The summed E-state index contributed by atoms with van der Waals surface area (Å²) < 4.78 is 26.2. The fourth-order valence-corrected chi connectivity index (χ4v) is 2.49. The molecule has 0 bridgehead atoms. The Bertz CT molecular complexity index is 521. The molecule has 0 aliphatic carbocycles. The molecule has 142 valence electrons. The summed E-state index contributed by atoms with van der Waals surface area (Å²) in [5.41, 5.74) is 0. The van der Waals surface area contributed by atoms with Crippen LogP contribution in [0.4, 0.5) is 0 Å². The van der Waals surface area contributed by atoms with Crippen molar-refractivity contribution in [3.63, 3.8) is 0 Å². The van der Waals surface area contributed by atoms with Crippen LogP contribution in [-0.4, -0.2) is 68.2 Å². The fourth-order valence-electron chi connectivity index (χ4n) is 2.49. The standard InChI is InChI=1S/C15H23NO9/c1-7(17)16-12-14(24-10(4)20)13(23-9(3)19)11(6-22-8(2)18)25-15(12)21-5/h11-15H,6H2,1-5H3,(H,16,17)/t11?,12?,13-,14?,15-/m1/s1. The van der Waals surface area contributed by atoms with Gasteiger partial charge in [-0.25, -0.2) is 0 Å². The molecule has 1 heterocycles. The average Bonchev–Trinajstić information content (AvgIpc) is 2.48. The molecule has 0 spiro atoms. The smallest absolute Gasteiger partial charge is 0.303 e. The van der Waals surface area contributed by atoms with Crippen molar-refractivity contribution < 1.29 is 42.9 Å². The van der Waals surface area contributed by atoms with Crippen LogP contribution in [0.1, 0.15) is 27.7 Å². The summed E-state index contributed by atoms with van der Waals surface area (Å²) in [6.07, 6.45) is -4.17. The van der Waals surface area contributed by atoms with Crippen molar-refractivity contribution in [1.82, 2.24) is 5.32 Å². The van der Waals surface area contributed by atoms with E-state index in [1.54, 1.807) is 0 Å². The molecule has 3 unspecified atom stereocenters. The first kappa shape index (κ1) is 20.8. The lowest BCUT2D eigenvalue weighted by Gasteiger charge is -2.44. The Hall–Kier alpha value is -2.20. The third-order valence-electron chi connectivity index (χ3n) is 3.30. The van der Waals surface area contributed by atoms with Gasteiger partial charge in [0.1, 0.15) is 18.8 Å². The molecule has 1 amide bonds. The molecule has 25 heavy (non-hydrogen) atoms. The number of carbonyl (C=O) groups excluding carboxylic acids is 4. The third kappa shape index (κ3) is 6.31. The van der Waals surface area contributed by atoms with Gasteiger partial charge in [0, 0.05) is 34.8 Å². The van der Waals surface area contributed by atoms with Gasteiger partial charge in [0.25, 0.3) is 0 Å². The topological polar surface area (TPSA) is 126 Å². The van der Waals surface area contributed by atoms with E-state index in [1.165, 1.54) is 34.8 Å². The highest BCUT2D eigenvalue weighted by Gasteiger charge is 2.50.